The second-order valence-electron chi connectivity index (χ2n) is 4.90. The van der Waals surface area contributed by atoms with E-state index in [0.29, 0.717) is 27.6 Å². The molecule has 6 heteroatoms. The van der Waals surface area contributed by atoms with Crippen molar-refractivity contribution in [3.05, 3.63) is 52.7 Å². The number of hydrogen-bond acceptors (Lipinski definition) is 5. The monoisotopic (exact) mass is 313 g/mol. The standard InChI is InChI=1S/C17H15NO5/c1-21-12-8-7-10(9-14(12)23-3)16-17(19)15-11(18(16)20)5-4-6-13(15)22-2/h4-9H,1-3H3. The molecule has 0 atom stereocenters. The lowest BCUT2D eigenvalue weighted by molar-refractivity contribution is -0.355. The summed E-state index contributed by atoms with van der Waals surface area (Å²) in [4.78, 5) is 12.7. The van der Waals surface area contributed by atoms with Gasteiger partial charge in [-0.25, -0.2) is 0 Å². The summed E-state index contributed by atoms with van der Waals surface area (Å²) in [5.41, 5.74) is 1.04. The van der Waals surface area contributed by atoms with E-state index < -0.39 is 0 Å². The summed E-state index contributed by atoms with van der Waals surface area (Å²) in [6.07, 6.45) is 0. The Hall–Kier alpha value is -3.02. The molecule has 0 fully saturated rings. The number of hydrogen-bond donors (Lipinski definition) is 0. The highest BCUT2D eigenvalue weighted by Crippen LogP contribution is 2.36. The summed E-state index contributed by atoms with van der Waals surface area (Å²) in [6.45, 7) is 0. The summed E-state index contributed by atoms with van der Waals surface area (Å²) >= 11 is 0. The number of ketones is 1. The van der Waals surface area contributed by atoms with Crippen LogP contribution in [0.3, 0.4) is 0 Å². The molecule has 0 saturated heterocycles. The average molecular weight is 313 g/mol. The van der Waals surface area contributed by atoms with Gasteiger partial charge in [0.25, 0.3) is 11.5 Å². The highest BCUT2D eigenvalue weighted by molar-refractivity contribution is 6.52. The first-order chi connectivity index (χ1) is 11.1. The molecule has 0 N–H and O–H groups in total. The van der Waals surface area contributed by atoms with E-state index in [2.05, 4.69) is 0 Å². The minimum atomic E-state index is -0.375. The second kappa shape index (κ2) is 5.64. The molecule has 1 heterocycles. The smallest absolute Gasteiger partial charge is 0.273 e. The first-order valence-electron chi connectivity index (χ1n) is 6.90. The number of methoxy groups -OCH3 is 3. The molecule has 3 rings (SSSR count). The van der Waals surface area contributed by atoms with Gasteiger partial charge in [-0.3, -0.25) is 4.79 Å². The van der Waals surface area contributed by atoms with Gasteiger partial charge in [0, 0.05) is 6.07 Å². The van der Waals surface area contributed by atoms with Crippen molar-refractivity contribution in [1.82, 2.24) is 0 Å². The van der Waals surface area contributed by atoms with Crippen molar-refractivity contribution in [3.8, 4) is 17.2 Å². The molecule has 1 aliphatic heterocycles. The molecule has 0 amide bonds. The molecular weight excluding hydrogens is 298 g/mol. The predicted octanol–water partition coefficient (Wildman–Crippen LogP) is 2.54. The average Bonchev–Trinajstić information content (AvgIpc) is 2.85. The topological polar surface area (TPSA) is 70.8 Å². The summed E-state index contributed by atoms with van der Waals surface area (Å²) in [7, 11) is 4.48. The van der Waals surface area contributed by atoms with Crippen LogP contribution in [-0.4, -0.2) is 37.6 Å². The minimum Gasteiger partial charge on any atom is -0.618 e. The maximum Gasteiger partial charge on any atom is 0.273 e. The fraction of sp³-hybridized carbons (Fsp3) is 0.176. The molecule has 0 bridgehead atoms. The van der Waals surface area contributed by atoms with Crippen LogP contribution in [0.15, 0.2) is 36.4 Å². The Bertz CT molecular complexity index is 826. The molecule has 1 aliphatic rings. The van der Waals surface area contributed by atoms with Crippen molar-refractivity contribution in [2.45, 2.75) is 0 Å². The van der Waals surface area contributed by atoms with Gasteiger partial charge in [0.15, 0.2) is 11.5 Å². The molecule has 23 heavy (non-hydrogen) atoms. The number of Topliss-reactive ketones (excluding diaryl/α,β-unsaturated/α-hetero) is 1. The van der Waals surface area contributed by atoms with E-state index in [1.54, 1.807) is 36.4 Å². The van der Waals surface area contributed by atoms with Gasteiger partial charge in [-0.1, -0.05) is 6.07 Å². The zero-order valence-electron chi connectivity index (χ0n) is 13.0. The van der Waals surface area contributed by atoms with E-state index >= 15 is 0 Å². The Kier molecular flexibility index (Phi) is 3.65. The van der Waals surface area contributed by atoms with Crippen LogP contribution in [0.25, 0.3) is 0 Å². The summed E-state index contributed by atoms with van der Waals surface area (Å²) in [6, 6.07) is 9.84. The van der Waals surface area contributed by atoms with Crippen LogP contribution in [0, 0.1) is 5.21 Å². The molecule has 0 aliphatic carbocycles. The quantitative estimate of drug-likeness (QED) is 0.641. The van der Waals surface area contributed by atoms with E-state index in [-0.39, 0.29) is 22.7 Å². The SMILES string of the molecule is COc1ccc(C2=[N+]([O-])c3cccc(OC)c3C2=O)cc1OC. The molecule has 0 aromatic heterocycles. The lowest BCUT2D eigenvalue weighted by Crippen LogP contribution is -2.17. The molecule has 0 spiro atoms. The van der Waals surface area contributed by atoms with Gasteiger partial charge >= 0.3 is 0 Å². The Morgan fingerprint density at radius 3 is 2.26 bits per heavy atom. The Balaban J connectivity index is 2.15. The first-order valence-corrected chi connectivity index (χ1v) is 6.90. The van der Waals surface area contributed by atoms with Crippen molar-refractivity contribution in [1.29, 1.82) is 0 Å². The highest BCUT2D eigenvalue weighted by atomic mass is 16.5. The zero-order valence-corrected chi connectivity index (χ0v) is 13.0. The van der Waals surface area contributed by atoms with Gasteiger partial charge in [-0.05, 0) is 24.3 Å². The Labute approximate surface area is 133 Å². The van der Waals surface area contributed by atoms with Gasteiger partial charge in [0.2, 0.25) is 5.69 Å². The molecule has 2 aromatic rings. The molecule has 2 aromatic carbocycles. The van der Waals surface area contributed by atoms with Crippen LogP contribution < -0.4 is 14.2 Å². The minimum absolute atomic E-state index is 0.0328. The number of carbonyl (C=O) groups excluding carboxylic acids is 1. The van der Waals surface area contributed by atoms with E-state index in [4.69, 9.17) is 14.2 Å². The molecule has 0 saturated carbocycles. The molecule has 6 nitrogen and oxygen atoms in total. The van der Waals surface area contributed by atoms with Gasteiger partial charge in [-0.15, -0.1) is 0 Å². The van der Waals surface area contributed by atoms with Crippen LogP contribution in [-0.2, 0) is 0 Å². The van der Waals surface area contributed by atoms with E-state index in [0.717, 1.165) is 0 Å². The van der Waals surface area contributed by atoms with Crippen LogP contribution in [0.5, 0.6) is 17.2 Å². The first kappa shape index (κ1) is 14.9. The van der Waals surface area contributed by atoms with Crippen LogP contribution in [0.1, 0.15) is 15.9 Å². The number of carbonyl (C=O) groups is 1. The Morgan fingerprint density at radius 2 is 1.61 bits per heavy atom. The summed E-state index contributed by atoms with van der Waals surface area (Å²) < 4.78 is 16.2. The van der Waals surface area contributed by atoms with Crippen LogP contribution in [0.4, 0.5) is 5.69 Å². The third kappa shape index (κ3) is 2.19. The molecule has 0 radical (unpaired) electrons. The van der Waals surface area contributed by atoms with Crippen molar-refractivity contribution in [3.63, 3.8) is 0 Å². The summed E-state index contributed by atoms with van der Waals surface area (Å²) in [5, 5.41) is 12.6. The van der Waals surface area contributed by atoms with Crippen LogP contribution >= 0.6 is 0 Å². The van der Waals surface area contributed by atoms with Gasteiger partial charge in [0.1, 0.15) is 11.3 Å². The maximum atomic E-state index is 12.7. The number of benzene rings is 2. The van der Waals surface area contributed by atoms with Gasteiger partial charge in [-0.2, -0.15) is 4.74 Å². The fourth-order valence-corrected chi connectivity index (χ4v) is 2.65. The number of rotatable bonds is 4. The lowest BCUT2D eigenvalue weighted by Gasteiger charge is -2.08. The lowest BCUT2D eigenvalue weighted by atomic mass is 10.0. The van der Waals surface area contributed by atoms with Crippen molar-refractivity contribution >= 4 is 17.2 Å². The number of nitrogens with zero attached hydrogens (tertiary/aromatic N) is 1. The second-order valence-corrected chi connectivity index (χ2v) is 4.90. The number of ether oxygens (including phenoxy) is 3. The van der Waals surface area contributed by atoms with Gasteiger partial charge < -0.3 is 19.4 Å². The predicted molar refractivity (Wildman–Crippen MR) is 84.3 cm³/mol. The third-order valence-electron chi connectivity index (χ3n) is 3.75. The zero-order chi connectivity index (χ0) is 16.6. The van der Waals surface area contributed by atoms with Crippen LogP contribution in [0.2, 0.25) is 0 Å². The van der Waals surface area contributed by atoms with Gasteiger partial charge in [0.05, 0.1) is 26.9 Å². The maximum absolute atomic E-state index is 12.7. The largest absolute Gasteiger partial charge is 0.618 e. The fourth-order valence-electron chi connectivity index (χ4n) is 2.65. The van der Waals surface area contributed by atoms with Crippen molar-refractivity contribution < 1.29 is 23.7 Å². The highest BCUT2D eigenvalue weighted by Gasteiger charge is 2.39. The molecule has 0 unspecified atom stereocenters. The number of fused-ring (bicyclic) bond motifs is 1. The van der Waals surface area contributed by atoms with E-state index in [1.165, 1.54) is 21.3 Å². The van der Waals surface area contributed by atoms with Crippen molar-refractivity contribution in [2.24, 2.45) is 0 Å². The molecule has 118 valence electrons. The molecular formula is C17H15NO5. The normalized spacial score (nSPS) is 13.1. The van der Waals surface area contributed by atoms with Crippen molar-refractivity contribution in [2.75, 3.05) is 21.3 Å². The van der Waals surface area contributed by atoms with E-state index in [9.17, 15) is 10.0 Å². The third-order valence-corrected chi connectivity index (χ3v) is 3.75. The van der Waals surface area contributed by atoms with E-state index in [1.807, 2.05) is 0 Å². The Morgan fingerprint density at radius 1 is 0.913 bits per heavy atom. The summed E-state index contributed by atoms with van der Waals surface area (Å²) in [5.74, 6) is 0.972.